The van der Waals surface area contributed by atoms with Gasteiger partial charge in [-0.1, -0.05) is 65.9 Å². The highest BCUT2D eigenvalue weighted by Crippen LogP contribution is 2.69. The molecule has 1 saturated heterocycles. The molecule has 2 bridgehead atoms. The monoisotopic (exact) mass is 634 g/mol. The number of halogens is 3. The van der Waals surface area contributed by atoms with E-state index in [0.29, 0.717) is 18.8 Å². The smallest absolute Gasteiger partial charge is 0.416 e. The number of benzene rings is 3. The molecule has 7 atom stereocenters. The molecule has 0 spiro atoms. The number of hydrogen-bond donors (Lipinski definition) is 1. The maximum Gasteiger partial charge on any atom is 0.416 e. The standard InChI is InChI=1S/C33H25F3N2O4S2/c34-33(35,36)17-9-6-10-18(13-17)38-30(39)25-20-14-21(26(25)31(38)40)27-24(20)23(28-29(43-27)37-32(41)44-28)19-11-4-5-12-22(19)42-15-16-7-2-1-3-8-16/h1-13,20-21,23-27H,14-15H2,(H,37,41)/t20-,21-,23+,24+,25+,26+,27-/m1/s1. The molecule has 8 rings (SSSR count). The molecule has 1 N–H and O–H groups in total. The van der Waals surface area contributed by atoms with Crippen LogP contribution >= 0.6 is 23.1 Å². The maximum atomic E-state index is 14.0. The Morgan fingerprint density at radius 3 is 2.39 bits per heavy atom. The van der Waals surface area contributed by atoms with Gasteiger partial charge in [0.05, 0.1) is 28.1 Å². The number of anilines is 1. The number of carbonyl (C=O) groups is 2. The number of hydrogen-bond acceptors (Lipinski definition) is 6. The summed E-state index contributed by atoms with van der Waals surface area (Å²) in [5.41, 5.74) is 0.990. The molecule has 2 amide bonds. The highest BCUT2D eigenvalue weighted by Gasteiger charge is 2.70. The highest BCUT2D eigenvalue weighted by atomic mass is 32.2. The number of thioether (sulfide) groups is 1. The fourth-order valence-corrected chi connectivity index (χ4v) is 10.9. The number of alkyl halides is 3. The van der Waals surface area contributed by atoms with Gasteiger partial charge in [0.1, 0.15) is 12.4 Å². The van der Waals surface area contributed by atoms with Gasteiger partial charge in [-0.25, -0.2) is 0 Å². The Morgan fingerprint density at radius 1 is 0.886 bits per heavy atom. The summed E-state index contributed by atoms with van der Waals surface area (Å²) < 4.78 is 46.9. The Hall–Kier alpha value is -3.83. The molecule has 1 aromatic heterocycles. The van der Waals surface area contributed by atoms with E-state index < -0.39 is 35.4 Å². The van der Waals surface area contributed by atoms with E-state index in [-0.39, 0.29) is 39.5 Å². The molecule has 11 heteroatoms. The Bertz CT molecular complexity index is 1860. The van der Waals surface area contributed by atoms with Crippen LogP contribution in [0.15, 0.2) is 88.7 Å². The van der Waals surface area contributed by atoms with Gasteiger partial charge in [0.15, 0.2) is 0 Å². The van der Waals surface area contributed by atoms with Gasteiger partial charge < -0.3 is 9.72 Å². The second kappa shape index (κ2) is 10.1. The van der Waals surface area contributed by atoms with Crippen molar-refractivity contribution >= 4 is 40.6 Å². The zero-order valence-corrected chi connectivity index (χ0v) is 24.6. The number of rotatable bonds is 5. The molecule has 0 radical (unpaired) electrons. The number of ether oxygens (including phenoxy) is 1. The van der Waals surface area contributed by atoms with Crippen LogP contribution in [0.3, 0.4) is 0 Å². The second-order valence-corrected chi connectivity index (χ2v) is 14.0. The lowest BCUT2D eigenvalue weighted by molar-refractivity contribution is -0.137. The third kappa shape index (κ3) is 4.19. The number of thiazole rings is 1. The molecule has 0 unspecified atom stereocenters. The SMILES string of the molecule is O=C1[C@H]2[C@H]3C[C@@H]([C@@H]2C(=O)N1c1cccc(C(F)(F)F)c1)[C@H]1[C@H](c2ccccc2OCc2ccccc2)c2sc(=O)[nH]c2S[C@H]31. The summed E-state index contributed by atoms with van der Waals surface area (Å²) in [4.78, 5) is 45.2. The minimum atomic E-state index is -4.60. The molecule has 3 heterocycles. The molecular weight excluding hydrogens is 610 g/mol. The Balaban J connectivity index is 1.18. The number of nitrogens with zero attached hydrogens (tertiary/aromatic N) is 1. The largest absolute Gasteiger partial charge is 0.489 e. The molecule has 2 saturated carbocycles. The van der Waals surface area contributed by atoms with Crippen LogP contribution in [0.25, 0.3) is 0 Å². The van der Waals surface area contributed by atoms with Crippen LogP contribution in [-0.2, 0) is 22.4 Å². The lowest BCUT2D eigenvalue weighted by Crippen LogP contribution is -2.42. The topological polar surface area (TPSA) is 79.5 Å². The van der Waals surface area contributed by atoms with Gasteiger partial charge >= 0.3 is 11.0 Å². The van der Waals surface area contributed by atoms with Crippen molar-refractivity contribution in [1.29, 1.82) is 0 Å². The van der Waals surface area contributed by atoms with Crippen molar-refractivity contribution in [1.82, 2.24) is 4.98 Å². The molecule has 2 aliphatic carbocycles. The average Bonchev–Trinajstić information content (AvgIpc) is 3.75. The molecule has 4 aliphatic rings. The minimum absolute atomic E-state index is 0.0427. The fourth-order valence-electron chi connectivity index (χ4n) is 8.05. The van der Waals surface area contributed by atoms with Crippen molar-refractivity contribution in [3.8, 4) is 5.75 Å². The van der Waals surface area contributed by atoms with E-state index in [1.807, 2.05) is 54.6 Å². The molecule has 3 aromatic carbocycles. The first-order chi connectivity index (χ1) is 21.2. The lowest BCUT2D eigenvalue weighted by Gasteiger charge is -2.43. The van der Waals surface area contributed by atoms with E-state index >= 15 is 0 Å². The number of amides is 2. The number of H-pyrrole nitrogens is 1. The van der Waals surface area contributed by atoms with Crippen LogP contribution in [-0.4, -0.2) is 22.0 Å². The third-order valence-corrected chi connectivity index (χ3v) is 12.2. The maximum absolute atomic E-state index is 14.0. The van der Waals surface area contributed by atoms with Crippen LogP contribution in [0.4, 0.5) is 18.9 Å². The zero-order chi connectivity index (χ0) is 30.3. The first-order valence-corrected chi connectivity index (χ1v) is 16.1. The first kappa shape index (κ1) is 27.7. The molecule has 3 fully saturated rings. The van der Waals surface area contributed by atoms with Gasteiger partial charge in [-0.05, 0) is 54.0 Å². The highest BCUT2D eigenvalue weighted by molar-refractivity contribution is 8.00. The van der Waals surface area contributed by atoms with Crippen molar-refractivity contribution in [3.05, 3.63) is 110 Å². The van der Waals surface area contributed by atoms with Gasteiger partial charge in [0.25, 0.3) is 0 Å². The van der Waals surface area contributed by atoms with Gasteiger partial charge in [-0.2, -0.15) is 13.2 Å². The van der Waals surface area contributed by atoms with Crippen LogP contribution in [0.2, 0.25) is 0 Å². The van der Waals surface area contributed by atoms with Gasteiger partial charge in [-0.3, -0.25) is 19.3 Å². The molecule has 44 heavy (non-hydrogen) atoms. The van der Waals surface area contributed by atoms with Gasteiger partial charge in [0.2, 0.25) is 11.8 Å². The van der Waals surface area contributed by atoms with Gasteiger partial charge in [-0.15, -0.1) is 11.8 Å². The number of para-hydroxylation sites is 1. The van der Waals surface area contributed by atoms with Crippen LogP contribution < -0.4 is 14.5 Å². The molecular formula is C33H25F3N2O4S2. The normalized spacial score (nSPS) is 28.6. The van der Waals surface area contributed by atoms with Crippen molar-refractivity contribution in [2.45, 2.75) is 35.4 Å². The van der Waals surface area contributed by atoms with E-state index in [2.05, 4.69) is 4.98 Å². The van der Waals surface area contributed by atoms with E-state index in [9.17, 15) is 27.6 Å². The van der Waals surface area contributed by atoms with Crippen LogP contribution in [0.5, 0.6) is 5.75 Å². The summed E-state index contributed by atoms with van der Waals surface area (Å²) in [6, 6.07) is 22.0. The van der Waals surface area contributed by atoms with Crippen LogP contribution in [0, 0.1) is 29.6 Å². The predicted molar refractivity (Wildman–Crippen MR) is 160 cm³/mol. The summed E-state index contributed by atoms with van der Waals surface area (Å²) in [5.74, 6) is -2.03. The van der Waals surface area contributed by atoms with Gasteiger partial charge in [0, 0.05) is 21.6 Å². The fraction of sp³-hybridized carbons (Fsp3) is 0.303. The number of nitrogens with one attached hydrogen (secondary N) is 1. The number of aromatic nitrogens is 1. The summed E-state index contributed by atoms with van der Waals surface area (Å²) in [7, 11) is 0. The van der Waals surface area contributed by atoms with Crippen LogP contribution in [0.1, 0.15) is 33.9 Å². The summed E-state index contributed by atoms with van der Waals surface area (Å²) in [6.07, 6.45) is -3.92. The second-order valence-electron chi connectivity index (χ2n) is 11.8. The molecule has 2 aliphatic heterocycles. The number of carbonyl (C=O) groups excluding carboxylic acids is 2. The number of fused-ring (bicyclic) bond motifs is 9. The molecule has 224 valence electrons. The Morgan fingerprint density at radius 2 is 1.61 bits per heavy atom. The predicted octanol–water partition coefficient (Wildman–Crippen LogP) is 6.71. The van der Waals surface area contributed by atoms with E-state index in [1.54, 1.807) is 11.8 Å². The number of imide groups is 1. The first-order valence-electron chi connectivity index (χ1n) is 14.4. The van der Waals surface area contributed by atoms with Crippen molar-refractivity contribution < 1.29 is 27.5 Å². The van der Waals surface area contributed by atoms with E-state index in [1.165, 1.54) is 12.1 Å². The zero-order valence-electron chi connectivity index (χ0n) is 23.0. The van der Waals surface area contributed by atoms with Crippen molar-refractivity contribution in [2.24, 2.45) is 29.6 Å². The Labute approximate surface area is 258 Å². The van der Waals surface area contributed by atoms with Crippen molar-refractivity contribution in [3.63, 3.8) is 0 Å². The van der Waals surface area contributed by atoms with Crippen molar-refractivity contribution in [2.75, 3.05) is 4.90 Å². The summed E-state index contributed by atoms with van der Waals surface area (Å²) >= 11 is 2.73. The summed E-state index contributed by atoms with van der Waals surface area (Å²) in [6.45, 7) is 0.360. The van der Waals surface area contributed by atoms with E-state index in [0.717, 1.165) is 49.4 Å². The van der Waals surface area contributed by atoms with E-state index in [4.69, 9.17) is 4.74 Å². The average molecular weight is 635 g/mol. The summed E-state index contributed by atoms with van der Waals surface area (Å²) in [5, 5.41) is 0.726. The number of aromatic amines is 1. The molecule has 4 aromatic rings. The lowest BCUT2D eigenvalue weighted by atomic mass is 9.68. The quantitative estimate of drug-likeness (QED) is 0.247. The third-order valence-electron chi connectivity index (χ3n) is 9.65. The minimum Gasteiger partial charge on any atom is -0.489 e. The Kier molecular flexibility index (Phi) is 6.36. The molecule has 6 nitrogen and oxygen atoms in total.